The molecule has 3 aromatic carbocycles. The molecule has 32 heavy (non-hydrogen) atoms. The van der Waals surface area contributed by atoms with Crippen molar-refractivity contribution in [1.82, 2.24) is 9.55 Å². The molecule has 1 saturated heterocycles. The molecular weight excluding hydrogens is 402 g/mol. The summed E-state index contributed by atoms with van der Waals surface area (Å²) in [5.74, 6) is 0.0912. The van der Waals surface area contributed by atoms with E-state index in [2.05, 4.69) is 22.5 Å². The topological polar surface area (TPSA) is 82.5 Å². The maximum absolute atomic E-state index is 9.41. The van der Waals surface area contributed by atoms with E-state index in [0.29, 0.717) is 12.2 Å². The molecule has 2 heterocycles. The highest BCUT2D eigenvalue weighted by Gasteiger charge is 2.38. The smallest absolute Gasteiger partial charge is 0.185 e. The zero-order valence-corrected chi connectivity index (χ0v) is 18.0. The minimum absolute atomic E-state index is 0.0205. The molecule has 1 aromatic heterocycles. The van der Waals surface area contributed by atoms with Gasteiger partial charge in [-0.1, -0.05) is 55.5 Å². The number of aliphatic hydroxyl groups is 1. The number of aliphatic hydroxyl groups excluding tert-OH is 1. The van der Waals surface area contributed by atoms with Crippen molar-refractivity contribution < 1.29 is 14.6 Å². The number of ether oxygens (including phenoxy) is 2. The Hall–Kier alpha value is -3.19. The number of hydrogen-bond donors (Lipinski definition) is 2. The van der Waals surface area contributed by atoms with Gasteiger partial charge in [-0.25, -0.2) is 4.98 Å². The third kappa shape index (κ3) is 4.00. The van der Waals surface area contributed by atoms with Crippen molar-refractivity contribution in [3.05, 3.63) is 95.8 Å². The van der Waals surface area contributed by atoms with Crippen molar-refractivity contribution in [2.75, 3.05) is 5.73 Å². The number of para-hydroxylation sites is 2. The standard InChI is InChI=1S/C26H27N3O3/c1-17-24(14-29-16-28-22-7-2-3-8-23(22)29)31-26(20-5-4-6-21(27)13-20)32-25(17)19-11-9-18(15-30)10-12-19/h2-13,16-17,24-26,30H,14-15,27H2,1H3. The van der Waals surface area contributed by atoms with Gasteiger partial charge in [0.25, 0.3) is 0 Å². The first kappa shape index (κ1) is 20.7. The summed E-state index contributed by atoms with van der Waals surface area (Å²) < 4.78 is 15.1. The van der Waals surface area contributed by atoms with Gasteiger partial charge in [-0.2, -0.15) is 0 Å². The lowest BCUT2D eigenvalue weighted by Crippen LogP contribution is -2.39. The quantitative estimate of drug-likeness (QED) is 0.453. The molecular formula is C26H27N3O3. The van der Waals surface area contributed by atoms with Crippen LogP contribution in [0, 0.1) is 5.92 Å². The Morgan fingerprint density at radius 2 is 1.78 bits per heavy atom. The van der Waals surface area contributed by atoms with Crippen molar-refractivity contribution in [3.8, 4) is 0 Å². The summed E-state index contributed by atoms with van der Waals surface area (Å²) in [6.07, 6.45) is 1.08. The van der Waals surface area contributed by atoms with Crippen LogP contribution in [0.15, 0.2) is 79.1 Å². The molecule has 1 fully saturated rings. The molecule has 6 heteroatoms. The van der Waals surface area contributed by atoms with E-state index < -0.39 is 6.29 Å². The van der Waals surface area contributed by atoms with E-state index in [0.717, 1.165) is 27.7 Å². The number of anilines is 1. The van der Waals surface area contributed by atoms with Crippen LogP contribution in [0.2, 0.25) is 0 Å². The Kier molecular flexibility index (Phi) is 5.66. The van der Waals surface area contributed by atoms with Gasteiger partial charge in [-0.05, 0) is 35.4 Å². The minimum Gasteiger partial charge on any atom is -0.399 e. The lowest BCUT2D eigenvalue weighted by molar-refractivity contribution is -0.276. The Morgan fingerprint density at radius 1 is 0.969 bits per heavy atom. The second-order valence-corrected chi connectivity index (χ2v) is 8.38. The number of benzene rings is 3. The van der Waals surface area contributed by atoms with E-state index in [4.69, 9.17) is 15.2 Å². The second-order valence-electron chi connectivity index (χ2n) is 8.38. The maximum atomic E-state index is 9.41. The van der Waals surface area contributed by atoms with Crippen LogP contribution < -0.4 is 5.73 Å². The van der Waals surface area contributed by atoms with E-state index in [9.17, 15) is 5.11 Å². The number of nitrogens with two attached hydrogens (primary N) is 1. The summed E-state index contributed by atoms with van der Waals surface area (Å²) in [6.45, 7) is 2.84. The molecule has 0 saturated carbocycles. The molecule has 4 unspecified atom stereocenters. The average Bonchev–Trinajstić information content (AvgIpc) is 3.23. The van der Waals surface area contributed by atoms with Crippen LogP contribution in [0.3, 0.4) is 0 Å². The van der Waals surface area contributed by atoms with Crippen molar-refractivity contribution in [2.24, 2.45) is 5.92 Å². The highest BCUT2D eigenvalue weighted by Crippen LogP contribution is 2.42. The van der Waals surface area contributed by atoms with Crippen LogP contribution in [0.1, 0.15) is 36.0 Å². The summed E-state index contributed by atoms with van der Waals surface area (Å²) in [5.41, 5.74) is 11.6. The Morgan fingerprint density at radius 3 is 2.56 bits per heavy atom. The predicted octanol–water partition coefficient (Wildman–Crippen LogP) is 4.60. The summed E-state index contributed by atoms with van der Waals surface area (Å²) in [6, 6.07) is 23.7. The second kappa shape index (κ2) is 8.74. The number of aromatic nitrogens is 2. The average molecular weight is 430 g/mol. The molecule has 3 N–H and O–H groups in total. The van der Waals surface area contributed by atoms with E-state index in [1.807, 2.05) is 73.1 Å². The number of hydrogen-bond acceptors (Lipinski definition) is 5. The first-order chi connectivity index (χ1) is 15.6. The van der Waals surface area contributed by atoms with Gasteiger partial charge >= 0.3 is 0 Å². The monoisotopic (exact) mass is 429 g/mol. The van der Waals surface area contributed by atoms with Crippen LogP contribution in [0.5, 0.6) is 0 Å². The van der Waals surface area contributed by atoms with Crippen molar-refractivity contribution in [1.29, 1.82) is 0 Å². The molecule has 4 atom stereocenters. The third-order valence-corrected chi connectivity index (χ3v) is 6.21. The Labute approximate surface area is 187 Å². The van der Waals surface area contributed by atoms with Crippen molar-refractivity contribution in [2.45, 2.75) is 38.6 Å². The number of rotatable bonds is 5. The molecule has 6 nitrogen and oxygen atoms in total. The largest absolute Gasteiger partial charge is 0.399 e. The molecule has 1 aliphatic rings. The Bertz CT molecular complexity index is 1200. The van der Waals surface area contributed by atoms with Gasteiger partial charge in [0.15, 0.2) is 6.29 Å². The summed E-state index contributed by atoms with van der Waals surface area (Å²) >= 11 is 0. The van der Waals surface area contributed by atoms with Crippen molar-refractivity contribution >= 4 is 16.7 Å². The van der Waals surface area contributed by atoms with E-state index in [1.54, 1.807) is 0 Å². The number of nitrogen functional groups attached to an aromatic ring is 1. The number of fused-ring (bicyclic) bond motifs is 1. The van der Waals surface area contributed by atoms with Gasteiger partial charge < -0.3 is 24.9 Å². The molecule has 0 aliphatic carbocycles. The SMILES string of the molecule is CC1C(Cn2cnc3ccccc32)OC(c2cccc(N)c2)OC1c1ccc(CO)cc1. The van der Waals surface area contributed by atoms with Gasteiger partial charge in [0, 0.05) is 17.2 Å². The first-order valence-electron chi connectivity index (χ1n) is 10.9. The van der Waals surface area contributed by atoms with Crippen LogP contribution >= 0.6 is 0 Å². The van der Waals surface area contributed by atoms with Gasteiger partial charge in [0.1, 0.15) is 0 Å². The van der Waals surface area contributed by atoms with E-state index >= 15 is 0 Å². The van der Waals surface area contributed by atoms with E-state index in [-0.39, 0.29) is 24.7 Å². The first-order valence-corrected chi connectivity index (χ1v) is 10.9. The van der Waals surface area contributed by atoms with Gasteiger partial charge in [0.2, 0.25) is 0 Å². The van der Waals surface area contributed by atoms with Gasteiger partial charge in [0.05, 0.1) is 42.7 Å². The fourth-order valence-electron chi connectivity index (χ4n) is 4.38. The fourth-order valence-corrected chi connectivity index (χ4v) is 4.38. The Balaban J connectivity index is 1.49. The fraction of sp³-hybridized carbons (Fsp3) is 0.269. The number of nitrogens with zero attached hydrogens (tertiary/aromatic N) is 2. The van der Waals surface area contributed by atoms with Crippen LogP contribution in [0.4, 0.5) is 5.69 Å². The normalized spacial score (nSPS) is 23.4. The molecule has 164 valence electrons. The van der Waals surface area contributed by atoms with Crippen molar-refractivity contribution in [3.63, 3.8) is 0 Å². The molecule has 0 radical (unpaired) electrons. The third-order valence-electron chi connectivity index (χ3n) is 6.21. The van der Waals surface area contributed by atoms with Crippen LogP contribution in [-0.2, 0) is 22.6 Å². The molecule has 0 spiro atoms. The van der Waals surface area contributed by atoms with E-state index in [1.165, 1.54) is 0 Å². The molecule has 0 amide bonds. The van der Waals surface area contributed by atoms with Gasteiger partial charge in [-0.15, -0.1) is 0 Å². The van der Waals surface area contributed by atoms with Crippen LogP contribution in [0.25, 0.3) is 11.0 Å². The lowest BCUT2D eigenvalue weighted by Gasteiger charge is -2.41. The number of imidazole rings is 1. The highest BCUT2D eigenvalue weighted by atomic mass is 16.7. The summed E-state index contributed by atoms with van der Waals surface area (Å²) in [4.78, 5) is 4.53. The molecule has 1 aliphatic heterocycles. The molecule has 0 bridgehead atoms. The molecule has 4 aromatic rings. The minimum atomic E-state index is -0.531. The zero-order chi connectivity index (χ0) is 22.1. The predicted molar refractivity (Wildman–Crippen MR) is 124 cm³/mol. The highest BCUT2D eigenvalue weighted by molar-refractivity contribution is 5.74. The lowest BCUT2D eigenvalue weighted by atomic mass is 9.90. The van der Waals surface area contributed by atoms with Gasteiger partial charge in [-0.3, -0.25) is 0 Å². The summed E-state index contributed by atoms with van der Waals surface area (Å²) in [7, 11) is 0. The maximum Gasteiger partial charge on any atom is 0.185 e. The molecule has 5 rings (SSSR count). The van der Waals surface area contributed by atoms with Crippen LogP contribution in [-0.4, -0.2) is 20.8 Å². The summed E-state index contributed by atoms with van der Waals surface area (Å²) in [5, 5.41) is 9.41. The zero-order valence-electron chi connectivity index (χ0n) is 18.0.